The van der Waals surface area contributed by atoms with E-state index in [2.05, 4.69) is 29.5 Å². The molecule has 90 valence electrons. The maximum absolute atomic E-state index is 5.63. The topological polar surface area (TPSA) is 38.0 Å². The van der Waals surface area contributed by atoms with Crippen molar-refractivity contribution in [3.8, 4) is 12.3 Å². The highest BCUT2D eigenvalue weighted by Crippen LogP contribution is 2.27. The Morgan fingerprint density at radius 2 is 2.18 bits per heavy atom. The van der Waals surface area contributed by atoms with Crippen LogP contribution in [0.5, 0.6) is 0 Å². The van der Waals surface area contributed by atoms with E-state index in [-0.39, 0.29) is 6.04 Å². The van der Waals surface area contributed by atoms with E-state index in [4.69, 9.17) is 12.3 Å². The van der Waals surface area contributed by atoms with Crippen LogP contribution in [0.2, 0.25) is 0 Å². The van der Waals surface area contributed by atoms with Crippen LogP contribution in [-0.4, -0.2) is 0 Å². The molecule has 1 aliphatic carbocycles. The summed E-state index contributed by atoms with van der Waals surface area (Å²) in [6, 6.07) is 6.99. The van der Waals surface area contributed by atoms with Crippen molar-refractivity contribution in [3.05, 3.63) is 34.9 Å². The first-order valence-corrected chi connectivity index (χ1v) is 6.36. The van der Waals surface area contributed by atoms with Crippen LogP contribution in [-0.2, 0) is 12.8 Å². The Morgan fingerprint density at radius 1 is 1.35 bits per heavy atom. The molecule has 17 heavy (non-hydrogen) atoms. The molecule has 1 aliphatic rings. The lowest BCUT2D eigenvalue weighted by Crippen LogP contribution is -2.28. The fourth-order valence-electron chi connectivity index (χ4n) is 2.56. The normalized spacial score (nSPS) is 15.3. The highest BCUT2D eigenvalue weighted by molar-refractivity contribution is 5.36. The molecule has 2 nitrogen and oxygen atoms in total. The molecule has 1 unspecified atom stereocenters. The number of fused-ring (bicyclic) bond motifs is 1. The van der Waals surface area contributed by atoms with Crippen LogP contribution >= 0.6 is 0 Å². The maximum atomic E-state index is 5.63. The molecule has 1 aromatic rings. The Bertz CT molecular complexity index is 417. The third-order valence-corrected chi connectivity index (χ3v) is 3.54. The molecule has 0 fully saturated rings. The summed E-state index contributed by atoms with van der Waals surface area (Å²) >= 11 is 0. The number of hydrogen-bond acceptors (Lipinski definition) is 2. The van der Waals surface area contributed by atoms with Crippen molar-refractivity contribution < 1.29 is 0 Å². The van der Waals surface area contributed by atoms with E-state index in [1.54, 1.807) is 0 Å². The summed E-state index contributed by atoms with van der Waals surface area (Å²) in [6.45, 7) is 0. The fourth-order valence-corrected chi connectivity index (χ4v) is 2.56. The number of nitrogens with two attached hydrogens (primary N) is 1. The summed E-state index contributed by atoms with van der Waals surface area (Å²) < 4.78 is 0. The van der Waals surface area contributed by atoms with E-state index >= 15 is 0 Å². The van der Waals surface area contributed by atoms with Gasteiger partial charge in [0.2, 0.25) is 0 Å². The van der Waals surface area contributed by atoms with Crippen molar-refractivity contribution in [1.82, 2.24) is 5.43 Å². The number of nitrogens with one attached hydrogen (secondary N) is 1. The van der Waals surface area contributed by atoms with Gasteiger partial charge in [0, 0.05) is 12.5 Å². The molecule has 2 rings (SSSR count). The standard InChI is InChI=1S/C15H20N2/c1-2-3-4-8-15(17-16)14-10-9-12-6-5-7-13(12)11-14/h1,9-11,15,17H,3-8,16H2. The summed E-state index contributed by atoms with van der Waals surface area (Å²) in [5, 5.41) is 0. The van der Waals surface area contributed by atoms with Gasteiger partial charge in [0.15, 0.2) is 0 Å². The number of aryl methyl sites for hydroxylation is 2. The molecule has 0 saturated heterocycles. The lowest BCUT2D eigenvalue weighted by atomic mass is 9.98. The molecule has 3 N–H and O–H groups in total. The van der Waals surface area contributed by atoms with Gasteiger partial charge in [-0.3, -0.25) is 11.3 Å². The molecule has 0 aliphatic heterocycles. The van der Waals surface area contributed by atoms with Crippen LogP contribution in [0, 0.1) is 12.3 Å². The first-order valence-electron chi connectivity index (χ1n) is 6.36. The molecular formula is C15H20N2. The second-order valence-electron chi connectivity index (χ2n) is 4.70. The van der Waals surface area contributed by atoms with Crippen molar-refractivity contribution in [2.45, 2.75) is 44.6 Å². The number of rotatable bonds is 5. The minimum atomic E-state index is 0.231. The average molecular weight is 228 g/mol. The van der Waals surface area contributed by atoms with Crippen molar-refractivity contribution in [3.63, 3.8) is 0 Å². The zero-order valence-electron chi connectivity index (χ0n) is 10.2. The van der Waals surface area contributed by atoms with Crippen molar-refractivity contribution in [2.24, 2.45) is 5.84 Å². The van der Waals surface area contributed by atoms with Crippen LogP contribution in [0.1, 0.15) is 48.4 Å². The van der Waals surface area contributed by atoms with Gasteiger partial charge in [-0.15, -0.1) is 12.3 Å². The maximum Gasteiger partial charge on any atom is 0.0460 e. The van der Waals surface area contributed by atoms with Crippen LogP contribution in [0.15, 0.2) is 18.2 Å². The van der Waals surface area contributed by atoms with Crippen molar-refractivity contribution >= 4 is 0 Å². The molecule has 1 atom stereocenters. The molecule has 0 aromatic heterocycles. The Labute approximate surface area is 104 Å². The second kappa shape index (κ2) is 5.86. The highest BCUT2D eigenvalue weighted by Gasteiger charge is 2.14. The Morgan fingerprint density at radius 3 is 2.94 bits per heavy atom. The SMILES string of the molecule is C#CCCCC(NN)c1ccc2c(c1)CCC2. The van der Waals surface area contributed by atoms with Crippen LogP contribution in [0.3, 0.4) is 0 Å². The zero-order chi connectivity index (χ0) is 12.1. The molecular weight excluding hydrogens is 208 g/mol. The van der Waals surface area contributed by atoms with Gasteiger partial charge < -0.3 is 0 Å². The van der Waals surface area contributed by atoms with Gasteiger partial charge >= 0.3 is 0 Å². The third-order valence-electron chi connectivity index (χ3n) is 3.54. The van der Waals surface area contributed by atoms with Crippen LogP contribution in [0.25, 0.3) is 0 Å². The summed E-state index contributed by atoms with van der Waals surface area (Å²) in [6.07, 6.45) is 11.8. The lowest BCUT2D eigenvalue weighted by molar-refractivity contribution is 0.502. The summed E-state index contributed by atoms with van der Waals surface area (Å²) in [4.78, 5) is 0. The summed E-state index contributed by atoms with van der Waals surface area (Å²) in [5.41, 5.74) is 7.20. The number of benzene rings is 1. The molecule has 0 amide bonds. The Balaban J connectivity index is 2.06. The van der Waals surface area contributed by atoms with E-state index in [0.717, 1.165) is 19.3 Å². The summed E-state index contributed by atoms with van der Waals surface area (Å²) in [7, 11) is 0. The average Bonchev–Trinajstić information content (AvgIpc) is 2.82. The molecule has 0 spiro atoms. The molecule has 2 heteroatoms. The predicted octanol–water partition coefficient (Wildman–Crippen LogP) is 2.48. The van der Waals surface area contributed by atoms with Crippen molar-refractivity contribution in [1.29, 1.82) is 0 Å². The fraction of sp³-hybridized carbons (Fsp3) is 0.467. The van der Waals surface area contributed by atoms with E-state index in [1.807, 2.05) is 0 Å². The van der Waals surface area contributed by atoms with Gasteiger partial charge in [0.1, 0.15) is 0 Å². The zero-order valence-corrected chi connectivity index (χ0v) is 10.2. The van der Waals surface area contributed by atoms with E-state index < -0.39 is 0 Å². The van der Waals surface area contributed by atoms with Crippen molar-refractivity contribution in [2.75, 3.05) is 0 Å². The number of hydrogen-bond donors (Lipinski definition) is 2. The largest absolute Gasteiger partial charge is 0.271 e. The monoisotopic (exact) mass is 228 g/mol. The van der Waals surface area contributed by atoms with Gasteiger partial charge in [-0.25, -0.2) is 0 Å². The molecule has 0 heterocycles. The molecule has 1 aromatic carbocycles. The molecule has 0 bridgehead atoms. The molecule has 0 saturated carbocycles. The van der Waals surface area contributed by atoms with Gasteiger partial charge in [-0.05, 0) is 48.8 Å². The van der Waals surface area contributed by atoms with Crippen LogP contribution < -0.4 is 11.3 Å². The predicted molar refractivity (Wildman–Crippen MR) is 71.2 cm³/mol. The van der Waals surface area contributed by atoms with Gasteiger partial charge in [0.05, 0.1) is 0 Å². The Kier molecular flexibility index (Phi) is 4.19. The van der Waals surface area contributed by atoms with E-state index in [0.29, 0.717) is 0 Å². The third kappa shape index (κ3) is 2.88. The van der Waals surface area contributed by atoms with Gasteiger partial charge in [-0.2, -0.15) is 0 Å². The number of hydrazine groups is 1. The smallest absolute Gasteiger partial charge is 0.0460 e. The first kappa shape index (κ1) is 12.2. The summed E-state index contributed by atoms with van der Waals surface area (Å²) in [5.74, 6) is 8.30. The minimum absolute atomic E-state index is 0.231. The van der Waals surface area contributed by atoms with Gasteiger partial charge in [-0.1, -0.05) is 18.2 Å². The number of terminal acetylenes is 1. The molecule has 0 radical (unpaired) electrons. The van der Waals surface area contributed by atoms with E-state index in [9.17, 15) is 0 Å². The second-order valence-corrected chi connectivity index (χ2v) is 4.70. The number of unbranched alkanes of at least 4 members (excludes halogenated alkanes) is 1. The minimum Gasteiger partial charge on any atom is -0.271 e. The van der Waals surface area contributed by atoms with E-state index in [1.165, 1.54) is 36.0 Å². The lowest BCUT2D eigenvalue weighted by Gasteiger charge is -2.17. The highest BCUT2D eigenvalue weighted by atomic mass is 15.2. The van der Waals surface area contributed by atoms with Gasteiger partial charge in [0.25, 0.3) is 0 Å². The Hall–Kier alpha value is -1.30. The quantitative estimate of drug-likeness (QED) is 0.352. The first-order chi connectivity index (χ1) is 8.35. The van der Waals surface area contributed by atoms with Crippen LogP contribution in [0.4, 0.5) is 0 Å².